The lowest BCUT2D eigenvalue weighted by Gasteiger charge is -2.44. The van der Waals surface area contributed by atoms with Gasteiger partial charge in [0.25, 0.3) is 0 Å². The normalized spacial score (nSPS) is 17.1. The molecule has 1 saturated heterocycles. The molecule has 1 fully saturated rings. The van der Waals surface area contributed by atoms with Gasteiger partial charge in [0.15, 0.2) is 5.96 Å². The van der Waals surface area contributed by atoms with Gasteiger partial charge < -0.3 is 15.1 Å². The van der Waals surface area contributed by atoms with E-state index < -0.39 is 0 Å². The number of hydrogen-bond acceptors (Lipinski definition) is 3. The fourth-order valence-corrected chi connectivity index (χ4v) is 3.93. The van der Waals surface area contributed by atoms with Gasteiger partial charge in [-0.3, -0.25) is 10.7 Å². The van der Waals surface area contributed by atoms with Crippen LogP contribution in [0.4, 0.5) is 15.5 Å². The standard InChI is InChI=1S/C19H24ClN5OS/c1-13(2)16-12-24(19(26)23-17-8-5-11-27-17)9-10-25(16)18(21)22-15-7-4-3-6-14(15)20/h3-8,11,13,16H,9-10,12H2,1-2H3,(H2,21,22)(H,23,26). The van der Waals surface area contributed by atoms with Crippen LogP contribution in [0.5, 0.6) is 0 Å². The van der Waals surface area contributed by atoms with Crippen molar-refractivity contribution in [2.24, 2.45) is 5.92 Å². The zero-order valence-corrected chi connectivity index (χ0v) is 17.0. The van der Waals surface area contributed by atoms with Gasteiger partial charge in [0.2, 0.25) is 0 Å². The van der Waals surface area contributed by atoms with Crippen molar-refractivity contribution >= 4 is 45.6 Å². The summed E-state index contributed by atoms with van der Waals surface area (Å²) >= 11 is 7.71. The Morgan fingerprint density at radius 3 is 2.67 bits per heavy atom. The Hall–Kier alpha value is -2.25. The summed E-state index contributed by atoms with van der Waals surface area (Å²) in [6.45, 7) is 5.95. The highest BCUT2D eigenvalue weighted by Crippen LogP contribution is 2.24. The maximum Gasteiger partial charge on any atom is 0.322 e. The number of anilines is 2. The average molecular weight is 406 g/mol. The molecule has 1 atom stereocenters. The van der Waals surface area contributed by atoms with Gasteiger partial charge in [0, 0.05) is 19.6 Å². The first-order valence-electron chi connectivity index (χ1n) is 8.92. The van der Waals surface area contributed by atoms with Crippen LogP contribution in [0.1, 0.15) is 13.8 Å². The van der Waals surface area contributed by atoms with E-state index in [2.05, 4.69) is 24.5 Å². The number of nitrogens with one attached hydrogen (secondary N) is 3. The molecule has 6 nitrogen and oxygen atoms in total. The molecule has 2 heterocycles. The van der Waals surface area contributed by atoms with Crippen molar-refractivity contribution in [3.05, 3.63) is 46.8 Å². The minimum Gasteiger partial charge on any atom is -0.336 e. The first kappa shape index (κ1) is 19.5. The SMILES string of the molecule is CC(C)C1CN(C(=O)Nc2cccs2)CCN1C(=N)Nc1ccccc1Cl. The molecule has 2 aromatic rings. The Bertz CT molecular complexity index is 795. The summed E-state index contributed by atoms with van der Waals surface area (Å²) in [5.41, 5.74) is 0.713. The first-order chi connectivity index (χ1) is 13.0. The predicted octanol–water partition coefficient (Wildman–Crippen LogP) is 4.62. The largest absolute Gasteiger partial charge is 0.336 e. The molecule has 1 unspecified atom stereocenters. The molecular weight excluding hydrogens is 382 g/mol. The van der Waals surface area contributed by atoms with Crippen LogP contribution in [-0.2, 0) is 0 Å². The minimum atomic E-state index is -0.0895. The van der Waals surface area contributed by atoms with Crippen LogP contribution in [0.25, 0.3) is 0 Å². The average Bonchev–Trinajstić information content (AvgIpc) is 3.16. The van der Waals surface area contributed by atoms with Crippen LogP contribution < -0.4 is 10.6 Å². The second kappa shape index (κ2) is 8.63. The molecule has 0 saturated carbocycles. The minimum absolute atomic E-state index is 0.0512. The van der Waals surface area contributed by atoms with Crippen LogP contribution in [0.15, 0.2) is 41.8 Å². The van der Waals surface area contributed by atoms with E-state index in [1.807, 2.05) is 45.5 Å². The zero-order chi connectivity index (χ0) is 19.4. The number of urea groups is 1. The van der Waals surface area contributed by atoms with E-state index in [-0.39, 0.29) is 18.0 Å². The Labute approximate surface area is 168 Å². The first-order valence-corrected chi connectivity index (χ1v) is 10.2. The number of piperazine rings is 1. The van der Waals surface area contributed by atoms with Crippen LogP contribution in [0.2, 0.25) is 5.02 Å². The van der Waals surface area contributed by atoms with Crippen molar-refractivity contribution in [2.45, 2.75) is 19.9 Å². The highest BCUT2D eigenvalue weighted by molar-refractivity contribution is 7.14. The van der Waals surface area contributed by atoms with Gasteiger partial charge >= 0.3 is 6.03 Å². The number of guanidine groups is 1. The highest BCUT2D eigenvalue weighted by atomic mass is 35.5. The molecule has 0 bridgehead atoms. The van der Waals surface area contributed by atoms with Gasteiger partial charge in [-0.05, 0) is 35.6 Å². The lowest BCUT2D eigenvalue weighted by Crippen LogP contribution is -2.60. The summed E-state index contributed by atoms with van der Waals surface area (Å²) in [6, 6.07) is 11.2. The van der Waals surface area contributed by atoms with E-state index in [1.54, 1.807) is 6.07 Å². The number of nitrogens with zero attached hydrogens (tertiary/aromatic N) is 2. The number of carbonyl (C=O) groups is 1. The molecule has 8 heteroatoms. The number of hydrogen-bond donors (Lipinski definition) is 3. The Morgan fingerprint density at radius 2 is 2.00 bits per heavy atom. The van der Waals surface area contributed by atoms with Crippen LogP contribution in [0.3, 0.4) is 0 Å². The van der Waals surface area contributed by atoms with Crippen molar-refractivity contribution < 1.29 is 4.79 Å². The summed E-state index contributed by atoms with van der Waals surface area (Å²) < 4.78 is 0. The second-order valence-electron chi connectivity index (χ2n) is 6.81. The van der Waals surface area contributed by atoms with Crippen molar-refractivity contribution in [3.8, 4) is 0 Å². The molecule has 1 aliphatic heterocycles. The molecule has 1 aromatic heterocycles. The Kier molecular flexibility index (Phi) is 6.23. The van der Waals surface area contributed by atoms with Crippen molar-refractivity contribution in [2.75, 3.05) is 30.3 Å². The number of benzene rings is 1. The number of rotatable bonds is 3. The van der Waals surface area contributed by atoms with E-state index in [4.69, 9.17) is 17.0 Å². The van der Waals surface area contributed by atoms with Crippen LogP contribution >= 0.6 is 22.9 Å². The fourth-order valence-electron chi connectivity index (χ4n) is 3.14. The van der Waals surface area contributed by atoms with E-state index in [0.717, 1.165) is 5.00 Å². The third kappa shape index (κ3) is 4.73. The number of halogens is 1. The molecule has 144 valence electrons. The topological polar surface area (TPSA) is 71.5 Å². The summed E-state index contributed by atoms with van der Waals surface area (Å²) in [5.74, 6) is 0.593. The number of para-hydroxylation sites is 1. The van der Waals surface area contributed by atoms with E-state index >= 15 is 0 Å². The van der Waals surface area contributed by atoms with Crippen molar-refractivity contribution in [1.29, 1.82) is 5.41 Å². The monoisotopic (exact) mass is 405 g/mol. The fraction of sp³-hybridized carbons (Fsp3) is 0.368. The third-order valence-electron chi connectivity index (χ3n) is 4.64. The third-order valence-corrected chi connectivity index (χ3v) is 5.76. The molecule has 27 heavy (non-hydrogen) atoms. The lowest BCUT2D eigenvalue weighted by atomic mass is 10.00. The summed E-state index contributed by atoms with van der Waals surface area (Å²) in [5, 5.41) is 17.9. The molecule has 3 rings (SSSR count). The second-order valence-corrected chi connectivity index (χ2v) is 8.17. The van der Waals surface area contributed by atoms with Gasteiger partial charge in [-0.15, -0.1) is 11.3 Å². The van der Waals surface area contributed by atoms with Gasteiger partial charge in [-0.1, -0.05) is 37.6 Å². The molecule has 0 radical (unpaired) electrons. The maximum absolute atomic E-state index is 12.6. The Balaban J connectivity index is 1.66. The van der Waals surface area contributed by atoms with E-state index in [9.17, 15) is 4.79 Å². The number of thiophene rings is 1. The highest BCUT2D eigenvalue weighted by Gasteiger charge is 2.33. The molecule has 3 N–H and O–H groups in total. The van der Waals surface area contributed by atoms with Crippen LogP contribution in [-0.4, -0.2) is 47.5 Å². The summed E-state index contributed by atoms with van der Waals surface area (Å²) in [4.78, 5) is 16.4. The summed E-state index contributed by atoms with van der Waals surface area (Å²) in [7, 11) is 0. The maximum atomic E-state index is 12.6. The molecule has 1 aliphatic rings. The van der Waals surface area contributed by atoms with Gasteiger partial charge in [0.1, 0.15) is 0 Å². The van der Waals surface area contributed by atoms with Gasteiger partial charge in [-0.25, -0.2) is 4.79 Å². The van der Waals surface area contributed by atoms with E-state index in [0.29, 0.717) is 36.3 Å². The smallest absolute Gasteiger partial charge is 0.322 e. The summed E-state index contributed by atoms with van der Waals surface area (Å²) in [6.07, 6.45) is 0. The quantitative estimate of drug-likeness (QED) is 0.515. The molecular formula is C19H24ClN5OS. The van der Waals surface area contributed by atoms with Crippen LogP contribution in [0, 0.1) is 11.3 Å². The van der Waals surface area contributed by atoms with Gasteiger partial charge in [-0.2, -0.15) is 0 Å². The zero-order valence-electron chi connectivity index (χ0n) is 15.4. The van der Waals surface area contributed by atoms with E-state index in [1.165, 1.54) is 11.3 Å². The Morgan fingerprint density at radius 1 is 1.22 bits per heavy atom. The number of carbonyl (C=O) groups excluding carboxylic acids is 1. The lowest BCUT2D eigenvalue weighted by molar-refractivity contribution is 0.119. The molecule has 2 amide bonds. The molecule has 0 aliphatic carbocycles. The molecule has 1 aromatic carbocycles. The number of amides is 2. The van der Waals surface area contributed by atoms with Gasteiger partial charge in [0.05, 0.1) is 21.8 Å². The van der Waals surface area contributed by atoms with Crippen molar-refractivity contribution in [3.63, 3.8) is 0 Å². The van der Waals surface area contributed by atoms with Crippen molar-refractivity contribution in [1.82, 2.24) is 9.80 Å². The molecule has 0 spiro atoms. The predicted molar refractivity (Wildman–Crippen MR) is 113 cm³/mol.